The molecule has 4 rings (SSSR count). The molecule has 0 aromatic heterocycles. The van der Waals surface area contributed by atoms with Crippen molar-refractivity contribution in [3.63, 3.8) is 0 Å². The number of amides is 2. The number of anilines is 2. The molecular formula is C21H23N3O4S2. The van der Waals surface area contributed by atoms with E-state index in [1.165, 1.54) is 23.9 Å². The second-order valence-electron chi connectivity index (χ2n) is 7.62. The first kappa shape index (κ1) is 20.7. The lowest BCUT2D eigenvalue weighted by molar-refractivity contribution is -0.135. The van der Waals surface area contributed by atoms with Crippen LogP contribution in [-0.4, -0.2) is 43.5 Å². The monoisotopic (exact) mass is 445 g/mol. The predicted molar refractivity (Wildman–Crippen MR) is 117 cm³/mol. The minimum Gasteiger partial charge on any atom is -0.341 e. The third-order valence-corrected chi connectivity index (χ3v) is 7.99. The Hall–Kier alpha value is -2.52. The molecule has 0 spiro atoms. The highest BCUT2D eigenvalue weighted by atomic mass is 32.2. The van der Waals surface area contributed by atoms with Gasteiger partial charge in [0.2, 0.25) is 11.8 Å². The van der Waals surface area contributed by atoms with Crippen LogP contribution in [0.3, 0.4) is 0 Å². The van der Waals surface area contributed by atoms with Gasteiger partial charge in [0.25, 0.3) is 10.0 Å². The van der Waals surface area contributed by atoms with Crippen LogP contribution in [0.2, 0.25) is 0 Å². The molecule has 2 aliphatic heterocycles. The van der Waals surface area contributed by atoms with Crippen LogP contribution in [0.15, 0.2) is 58.3 Å². The molecule has 30 heavy (non-hydrogen) atoms. The summed E-state index contributed by atoms with van der Waals surface area (Å²) in [4.78, 5) is 27.9. The average molecular weight is 446 g/mol. The van der Waals surface area contributed by atoms with E-state index in [0.717, 1.165) is 12.8 Å². The van der Waals surface area contributed by atoms with E-state index < -0.39 is 21.2 Å². The molecule has 2 N–H and O–H groups in total. The summed E-state index contributed by atoms with van der Waals surface area (Å²) in [5.74, 6) is -0.00772. The molecule has 9 heteroatoms. The van der Waals surface area contributed by atoms with Gasteiger partial charge in [-0.2, -0.15) is 0 Å². The second kappa shape index (κ2) is 8.31. The Kier molecular flexibility index (Phi) is 5.75. The molecule has 1 fully saturated rings. The maximum Gasteiger partial charge on any atom is 0.261 e. The molecule has 0 saturated carbocycles. The number of benzene rings is 2. The van der Waals surface area contributed by atoms with Crippen molar-refractivity contribution >= 4 is 45.0 Å². The summed E-state index contributed by atoms with van der Waals surface area (Å²) in [5, 5.41) is 1.86. The number of carbonyl (C=O) groups is 2. The highest BCUT2D eigenvalue weighted by Crippen LogP contribution is 2.38. The van der Waals surface area contributed by atoms with Gasteiger partial charge in [0, 0.05) is 23.7 Å². The summed E-state index contributed by atoms with van der Waals surface area (Å²) >= 11 is 1.17. The molecule has 1 atom stereocenters. The standard InChI is InChI=1S/C21H23N3O4S2/c1-14-9-11-24(12-10-14)21(26)19-20(25)22-17-13-16(7-8-18(17)29-19)30(27,28)23-15-5-3-2-4-6-15/h2-8,13-14,19,23H,9-12H2,1H3,(H,22,25)/t19-/m0/s1. The molecule has 1 saturated heterocycles. The van der Waals surface area contributed by atoms with Crippen LogP contribution in [0.5, 0.6) is 0 Å². The Balaban J connectivity index is 1.52. The van der Waals surface area contributed by atoms with Gasteiger partial charge >= 0.3 is 0 Å². The number of thioether (sulfide) groups is 1. The number of likely N-dealkylation sites (tertiary alicyclic amines) is 1. The number of nitrogens with one attached hydrogen (secondary N) is 2. The van der Waals surface area contributed by atoms with Crippen LogP contribution in [0.4, 0.5) is 11.4 Å². The van der Waals surface area contributed by atoms with Crippen molar-refractivity contribution in [2.45, 2.75) is 34.8 Å². The normalized spacial score (nSPS) is 19.7. The molecule has 2 heterocycles. The Morgan fingerprint density at radius 3 is 2.53 bits per heavy atom. The summed E-state index contributed by atoms with van der Waals surface area (Å²) in [5.41, 5.74) is 0.854. The van der Waals surface area contributed by atoms with Crippen LogP contribution in [0.1, 0.15) is 19.8 Å². The van der Waals surface area contributed by atoms with E-state index in [1.807, 2.05) is 0 Å². The van der Waals surface area contributed by atoms with Crippen molar-refractivity contribution in [1.29, 1.82) is 0 Å². The predicted octanol–water partition coefficient (Wildman–Crippen LogP) is 3.16. The number of rotatable bonds is 4. The molecule has 2 amide bonds. The average Bonchev–Trinajstić information content (AvgIpc) is 2.73. The molecule has 158 valence electrons. The molecule has 0 radical (unpaired) electrons. The van der Waals surface area contributed by atoms with Gasteiger partial charge in [-0.1, -0.05) is 25.1 Å². The zero-order valence-corrected chi connectivity index (χ0v) is 18.1. The number of nitrogens with zero attached hydrogens (tertiary/aromatic N) is 1. The summed E-state index contributed by atoms with van der Waals surface area (Å²) < 4.78 is 27.9. The Labute approximate surface area is 180 Å². The van der Waals surface area contributed by atoms with Gasteiger partial charge in [-0.05, 0) is 49.1 Å². The fourth-order valence-electron chi connectivity index (χ4n) is 3.53. The van der Waals surface area contributed by atoms with Crippen molar-refractivity contribution in [1.82, 2.24) is 4.90 Å². The first-order valence-corrected chi connectivity index (χ1v) is 12.2. The van der Waals surface area contributed by atoms with Crippen LogP contribution in [0, 0.1) is 5.92 Å². The highest BCUT2D eigenvalue weighted by Gasteiger charge is 2.37. The Morgan fingerprint density at radius 1 is 1.13 bits per heavy atom. The maximum atomic E-state index is 12.8. The highest BCUT2D eigenvalue weighted by molar-refractivity contribution is 8.01. The minimum atomic E-state index is -3.80. The molecule has 7 nitrogen and oxygen atoms in total. The number of hydrogen-bond donors (Lipinski definition) is 2. The first-order valence-electron chi connectivity index (χ1n) is 9.82. The largest absolute Gasteiger partial charge is 0.341 e. The van der Waals surface area contributed by atoms with Gasteiger partial charge in [-0.25, -0.2) is 8.42 Å². The third-order valence-electron chi connectivity index (χ3n) is 5.35. The van der Waals surface area contributed by atoms with E-state index in [-0.39, 0.29) is 10.8 Å². The van der Waals surface area contributed by atoms with Gasteiger partial charge in [0.15, 0.2) is 5.25 Å². The Bertz CT molecular complexity index is 1060. The molecule has 0 aliphatic carbocycles. The maximum absolute atomic E-state index is 12.8. The zero-order valence-electron chi connectivity index (χ0n) is 16.5. The first-order chi connectivity index (χ1) is 14.3. The summed E-state index contributed by atoms with van der Waals surface area (Å²) in [7, 11) is -3.80. The van der Waals surface area contributed by atoms with E-state index in [4.69, 9.17) is 0 Å². The lowest BCUT2D eigenvalue weighted by Crippen LogP contribution is -2.47. The van der Waals surface area contributed by atoms with Crippen molar-refractivity contribution in [2.24, 2.45) is 5.92 Å². The summed E-state index contributed by atoms with van der Waals surface area (Å²) in [6.07, 6.45) is 1.88. The zero-order chi connectivity index (χ0) is 21.3. The van der Waals surface area contributed by atoms with E-state index in [9.17, 15) is 18.0 Å². The van der Waals surface area contributed by atoms with E-state index >= 15 is 0 Å². The molecule has 0 bridgehead atoms. The van der Waals surface area contributed by atoms with E-state index in [0.29, 0.717) is 35.3 Å². The van der Waals surface area contributed by atoms with Crippen molar-refractivity contribution in [2.75, 3.05) is 23.1 Å². The van der Waals surface area contributed by atoms with Crippen LogP contribution in [0.25, 0.3) is 0 Å². The number of piperidine rings is 1. The summed E-state index contributed by atoms with van der Waals surface area (Å²) in [6.45, 7) is 3.50. The fraction of sp³-hybridized carbons (Fsp3) is 0.333. The van der Waals surface area contributed by atoms with Gasteiger partial charge in [-0.3, -0.25) is 14.3 Å². The number of para-hydroxylation sites is 1. The number of fused-ring (bicyclic) bond motifs is 1. The third kappa shape index (κ3) is 4.32. The molecule has 2 aromatic carbocycles. The molecule has 0 unspecified atom stereocenters. The van der Waals surface area contributed by atoms with Crippen molar-refractivity contribution in [3.8, 4) is 0 Å². The SMILES string of the molecule is CC1CCN(C(=O)[C@H]2Sc3ccc(S(=O)(=O)Nc4ccccc4)cc3NC2=O)CC1. The van der Waals surface area contributed by atoms with Crippen LogP contribution < -0.4 is 10.0 Å². The smallest absolute Gasteiger partial charge is 0.261 e. The van der Waals surface area contributed by atoms with Crippen LogP contribution >= 0.6 is 11.8 Å². The number of sulfonamides is 1. The molecular weight excluding hydrogens is 422 g/mol. The van der Waals surface area contributed by atoms with Crippen LogP contribution in [-0.2, 0) is 19.6 Å². The van der Waals surface area contributed by atoms with Gasteiger partial charge in [-0.15, -0.1) is 11.8 Å². The van der Waals surface area contributed by atoms with Crippen molar-refractivity contribution in [3.05, 3.63) is 48.5 Å². The lowest BCUT2D eigenvalue weighted by Gasteiger charge is -2.33. The molecule has 2 aromatic rings. The van der Waals surface area contributed by atoms with E-state index in [2.05, 4.69) is 17.0 Å². The summed E-state index contributed by atoms with van der Waals surface area (Å²) in [6, 6.07) is 13.1. The topological polar surface area (TPSA) is 95.6 Å². The van der Waals surface area contributed by atoms with E-state index in [1.54, 1.807) is 41.3 Å². The fourth-order valence-corrected chi connectivity index (χ4v) is 5.67. The Morgan fingerprint density at radius 2 is 1.83 bits per heavy atom. The number of hydrogen-bond acceptors (Lipinski definition) is 5. The lowest BCUT2D eigenvalue weighted by atomic mass is 9.99. The molecule has 2 aliphatic rings. The van der Waals surface area contributed by atoms with Gasteiger partial charge < -0.3 is 10.2 Å². The van der Waals surface area contributed by atoms with Gasteiger partial charge in [0.1, 0.15) is 0 Å². The van der Waals surface area contributed by atoms with Crippen molar-refractivity contribution < 1.29 is 18.0 Å². The number of carbonyl (C=O) groups excluding carboxylic acids is 2. The van der Waals surface area contributed by atoms with Gasteiger partial charge in [0.05, 0.1) is 10.6 Å². The quantitative estimate of drug-likeness (QED) is 0.705. The minimum absolute atomic E-state index is 0.0424. The second-order valence-corrected chi connectivity index (χ2v) is 10.5.